The third-order valence-corrected chi connectivity index (χ3v) is 11.1. The second-order valence-electron chi connectivity index (χ2n) is 16.8. The third kappa shape index (κ3) is 40.7. The van der Waals surface area contributed by atoms with Gasteiger partial charge in [0.05, 0.1) is 39.9 Å². The zero-order chi connectivity index (χ0) is 40.7. The Hall–Kier alpha value is -1.28. The molecule has 1 unspecified atom stereocenters. The SMILES string of the molecule is CCCCCCCC/C=C/CCCCCCCCCCCC(=O)N[C@@H](COP(=O)(O)OCC[N+](C)(C)C)[C@H](O)/C=C/CC/C=C/CCCCCCCCCC. The predicted octanol–water partition coefficient (Wildman–Crippen LogP) is 12.7. The molecule has 0 heterocycles. The number of quaternary nitrogens is 1. The summed E-state index contributed by atoms with van der Waals surface area (Å²) in [5, 5.41) is 13.8. The first kappa shape index (κ1) is 53.7. The molecule has 0 saturated heterocycles. The molecule has 0 fully saturated rings. The maximum absolute atomic E-state index is 12.9. The number of unbranched alkanes of at least 4 members (excludes halogenated alkanes) is 24. The van der Waals surface area contributed by atoms with Crippen molar-refractivity contribution in [2.24, 2.45) is 0 Å². The van der Waals surface area contributed by atoms with Crippen molar-refractivity contribution < 1.29 is 32.9 Å². The second kappa shape index (κ2) is 38.2. The Morgan fingerprint density at radius 3 is 1.45 bits per heavy atom. The van der Waals surface area contributed by atoms with Gasteiger partial charge in [-0.15, -0.1) is 0 Å². The number of aliphatic hydroxyl groups is 1. The second-order valence-corrected chi connectivity index (χ2v) is 18.2. The van der Waals surface area contributed by atoms with E-state index >= 15 is 0 Å². The molecule has 3 atom stereocenters. The number of hydrogen-bond acceptors (Lipinski definition) is 5. The Morgan fingerprint density at radius 1 is 0.600 bits per heavy atom. The van der Waals surface area contributed by atoms with Gasteiger partial charge in [0.1, 0.15) is 13.2 Å². The summed E-state index contributed by atoms with van der Waals surface area (Å²) < 4.78 is 23.5. The number of hydrogen-bond donors (Lipinski definition) is 3. The van der Waals surface area contributed by atoms with Crippen molar-refractivity contribution in [2.45, 2.75) is 212 Å². The van der Waals surface area contributed by atoms with Crippen LogP contribution in [0.25, 0.3) is 0 Å². The van der Waals surface area contributed by atoms with E-state index < -0.39 is 20.0 Å². The van der Waals surface area contributed by atoms with Crippen molar-refractivity contribution in [1.29, 1.82) is 0 Å². The molecule has 9 heteroatoms. The average Bonchev–Trinajstić information content (AvgIpc) is 3.13. The Kier molecular flexibility index (Phi) is 37.4. The maximum atomic E-state index is 12.9. The van der Waals surface area contributed by atoms with Crippen molar-refractivity contribution in [3.05, 3.63) is 36.5 Å². The van der Waals surface area contributed by atoms with E-state index in [0.717, 1.165) is 38.5 Å². The number of carbonyl (C=O) groups is 1. The number of allylic oxidation sites excluding steroid dienone is 5. The summed E-state index contributed by atoms with van der Waals surface area (Å²) in [7, 11) is 1.55. The van der Waals surface area contributed by atoms with E-state index in [1.807, 2.05) is 27.2 Å². The van der Waals surface area contributed by atoms with Crippen molar-refractivity contribution in [1.82, 2.24) is 5.32 Å². The van der Waals surface area contributed by atoms with Crippen LogP contribution in [0.3, 0.4) is 0 Å². The normalized spacial score (nSPS) is 14.7. The van der Waals surface area contributed by atoms with E-state index in [4.69, 9.17) is 9.05 Å². The highest BCUT2D eigenvalue weighted by atomic mass is 31.2. The summed E-state index contributed by atoms with van der Waals surface area (Å²) in [6.07, 6.45) is 46.4. The molecule has 8 nitrogen and oxygen atoms in total. The number of nitrogens with one attached hydrogen (secondary N) is 1. The van der Waals surface area contributed by atoms with Crippen LogP contribution >= 0.6 is 7.82 Å². The van der Waals surface area contributed by atoms with E-state index in [-0.39, 0.29) is 19.1 Å². The van der Waals surface area contributed by atoms with Crippen LogP contribution in [0.4, 0.5) is 0 Å². The largest absolute Gasteiger partial charge is 0.472 e. The molecule has 3 N–H and O–H groups in total. The van der Waals surface area contributed by atoms with Crippen LogP contribution in [-0.2, 0) is 18.4 Å². The molecule has 0 rings (SSSR count). The van der Waals surface area contributed by atoms with Gasteiger partial charge in [-0.25, -0.2) is 4.57 Å². The Balaban J connectivity index is 4.41. The Labute approximate surface area is 340 Å². The van der Waals surface area contributed by atoms with Gasteiger partial charge in [0.2, 0.25) is 5.91 Å². The molecule has 0 aliphatic carbocycles. The first-order valence-corrected chi connectivity index (χ1v) is 24.4. The third-order valence-electron chi connectivity index (χ3n) is 10.1. The van der Waals surface area contributed by atoms with Gasteiger partial charge in [-0.3, -0.25) is 13.8 Å². The lowest BCUT2D eigenvalue weighted by Gasteiger charge is -2.25. The lowest BCUT2D eigenvalue weighted by molar-refractivity contribution is -0.870. The Bertz CT molecular complexity index is 995. The van der Waals surface area contributed by atoms with Crippen LogP contribution in [-0.4, -0.2) is 73.4 Å². The van der Waals surface area contributed by atoms with E-state index in [9.17, 15) is 19.4 Å². The fourth-order valence-electron chi connectivity index (χ4n) is 6.40. The van der Waals surface area contributed by atoms with Gasteiger partial charge >= 0.3 is 7.82 Å². The van der Waals surface area contributed by atoms with Gasteiger partial charge in [0.25, 0.3) is 0 Å². The monoisotopic (exact) mass is 798 g/mol. The lowest BCUT2D eigenvalue weighted by atomic mass is 10.0. The van der Waals surface area contributed by atoms with E-state index in [1.165, 1.54) is 141 Å². The van der Waals surface area contributed by atoms with Gasteiger partial charge in [-0.1, -0.05) is 172 Å². The van der Waals surface area contributed by atoms with Crippen LogP contribution in [0.1, 0.15) is 200 Å². The molecule has 0 aromatic carbocycles. The summed E-state index contributed by atoms with van der Waals surface area (Å²) in [5.41, 5.74) is 0. The predicted molar refractivity (Wildman–Crippen MR) is 235 cm³/mol. The van der Waals surface area contributed by atoms with E-state index in [1.54, 1.807) is 6.08 Å². The smallest absolute Gasteiger partial charge is 0.387 e. The maximum Gasteiger partial charge on any atom is 0.472 e. The molecule has 0 aromatic rings. The first-order chi connectivity index (χ1) is 26.5. The van der Waals surface area contributed by atoms with Gasteiger partial charge in [0.15, 0.2) is 0 Å². The minimum absolute atomic E-state index is 0.0559. The fraction of sp³-hybridized carbons (Fsp3) is 0.848. The Morgan fingerprint density at radius 2 is 1.00 bits per heavy atom. The van der Waals surface area contributed by atoms with Crippen LogP contribution in [0, 0.1) is 0 Å². The number of aliphatic hydroxyl groups excluding tert-OH is 1. The van der Waals surface area contributed by atoms with Gasteiger partial charge < -0.3 is 19.8 Å². The molecule has 1 amide bonds. The highest BCUT2D eigenvalue weighted by Crippen LogP contribution is 2.43. The van der Waals surface area contributed by atoms with E-state index in [2.05, 4.69) is 43.5 Å². The number of phosphoric acid groups is 1. The number of carbonyl (C=O) groups excluding carboxylic acids is 1. The highest BCUT2D eigenvalue weighted by molar-refractivity contribution is 7.47. The molecular weight excluding hydrogens is 707 g/mol. The number of amides is 1. The van der Waals surface area contributed by atoms with Crippen LogP contribution in [0.5, 0.6) is 0 Å². The van der Waals surface area contributed by atoms with Crippen LogP contribution < -0.4 is 5.32 Å². The molecule has 0 aromatic heterocycles. The zero-order valence-corrected chi connectivity index (χ0v) is 37.6. The summed E-state index contributed by atoms with van der Waals surface area (Å²) in [4.78, 5) is 23.1. The number of rotatable bonds is 41. The van der Waals surface area contributed by atoms with Crippen molar-refractivity contribution in [3.63, 3.8) is 0 Å². The topological polar surface area (TPSA) is 105 Å². The average molecular weight is 798 g/mol. The molecular formula is C46H90N2O6P+. The van der Waals surface area contributed by atoms with Crippen molar-refractivity contribution in [3.8, 4) is 0 Å². The number of likely N-dealkylation sites (N-methyl/N-ethyl adjacent to an activating group) is 1. The summed E-state index contributed by atoms with van der Waals surface area (Å²) in [5.74, 6) is -0.190. The van der Waals surface area contributed by atoms with Gasteiger partial charge in [-0.05, 0) is 57.8 Å². The molecule has 0 spiro atoms. The highest BCUT2D eigenvalue weighted by Gasteiger charge is 2.27. The molecule has 0 bridgehead atoms. The lowest BCUT2D eigenvalue weighted by Crippen LogP contribution is -2.45. The molecule has 0 saturated carbocycles. The first-order valence-electron chi connectivity index (χ1n) is 22.9. The molecule has 55 heavy (non-hydrogen) atoms. The molecule has 0 aliphatic rings. The minimum atomic E-state index is -4.34. The fourth-order valence-corrected chi connectivity index (χ4v) is 7.14. The minimum Gasteiger partial charge on any atom is -0.387 e. The summed E-state index contributed by atoms with van der Waals surface area (Å²) in [6, 6.07) is -0.862. The van der Waals surface area contributed by atoms with Crippen LogP contribution in [0.15, 0.2) is 36.5 Å². The van der Waals surface area contributed by atoms with Crippen LogP contribution in [0.2, 0.25) is 0 Å². The summed E-state index contributed by atoms with van der Waals surface area (Å²) >= 11 is 0. The quantitative estimate of drug-likeness (QED) is 0.0246. The van der Waals surface area contributed by atoms with Crippen molar-refractivity contribution in [2.75, 3.05) is 40.9 Å². The molecule has 0 radical (unpaired) electrons. The molecule has 324 valence electrons. The number of phosphoric ester groups is 1. The number of nitrogens with zero attached hydrogens (tertiary/aromatic N) is 1. The zero-order valence-electron chi connectivity index (χ0n) is 36.7. The molecule has 0 aliphatic heterocycles. The van der Waals surface area contributed by atoms with Gasteiger partial charge in [-0.2, -0.15) is 0 Å². The van der Waals surface area contributed by atoms with Gasteiger partial charge in [0, 0.05) is 6.42 Å². The standard InChI is InChI=1S/C46H89N2O6P/c1-6-8-10-12-14-16-18-20-22-23-24-25-26-28-30-32-34-36-38-40-46(50)47-44(43-54-55(51,52)53-42-41-48(3,4)5)45(49)39-37-35-33-31-29-27-21-19-17-15-13-11-9-7-2/h20,22,29,31,37,39,44-45,49H,6-19,21,23-28,30,32-36,38,40-43H2,1-5H3,(H-,47,50,51,52)/p+1/b22-20+,31-29+,39-37+/t44-,45+/m0/s1. The van der Waals surface area contributed by atoms with E-state index in [0.29, 0.717) is 17.4 Å². The summed E-state index contributed by atoms with van der Waals surface area (Å²) in [6.45, 7) is 4.78. The van der Waals surface area contributed by atoms with Crippen molar-refractivity contribution >= 4 is 13.7 Å².